The summed E-state index contributed by atoms with van der Waals surface area (Å²) in [6.07, 6.45) is 9.24. The van der Waals surface area contributed by atoms with Crippen LogP contribution >= 0.6 is 23.1 Å². The smallest absolute Gasteiger partial charge is 0.232 e. The van der Waals surface area contributed by atoms with Crippen LogP contribution in [0.15, 0.2) is 17.4 Å². The molecule has 2 aromatic rings. The molecule has 0 radical (unpaired) electrons. The van der Waals surface area contributed by atoms with E-state index in [1.54, 1.807) is 29.4 Å². The van der Waals surface area contributed by atoms with Gasteiger partial charge in [0.05, 0.1) is 5.75 Å². The third kappa shape index (κ3) is 3.70. The summed E-state index contributed by atoms with van der Waals surface area (Å²) in [4.78, 5) is 26.0. The molecule has 1 saturated carbocycles. The number of thioether (sulfide) groups is 1. The topological polar surface area (TPSA) is 46.1 Å². The zero-order chi connectivity index (χ0) is 17.2. The highest BCUT2D eigenvalue weighted by Gasteiger charge is 2.32. The quantitative estimate of drug-likeness (QED) is 0.587. The first-order valence-corrected chi connectivity index (χ1v) is 11.2. The Hall–Kier alpha value is -1.14. The lowest BCUT2D eigenvalue weighted by Gasteiger charge is -2.41. The number of carbonyl (C=O) groups excluding carboxylic acids is 1. The number of rotatable bonds is 4. The highest BCUT2D eigenvalue weighted by Crippen LogP contribution is 2.36. The van der Waals surface area contributed by atoms with Crippen molar-refractivity contribution >= 4 is 39.2 Å². The second-order valence-corrected chi connectivity index (χ2v) is 9.26. The molecule has 2 aliphatic rings. The first kappa shape index (κ1) is 17.3. The van der Waals surface area contributed by atoms with E-state index < -0.39 is 0 Å². The number of carbonyl (C=O) groups is 1. The van der Waals surface area contributed by atoms with Crippen molar-refractivity contribution in [1.29, 1.82) is 0 Å². The normalized spacial score (nSPS) is 23.6. The summed E-state index contributed by atoms with van der Waals surface area (Å²) in [5.74, 6) is 2.36. The molecule has 0 N–H and O–H groups in total. The molecule has 1 amide bonds. The zero-order valence-corrected chi connectivity index (χ0v) is 16.4. The number of amides is 1. The zero-order valence-electron chi connectivity index (χ0n) is 14.7. The Labute approximate surface area is 157 Å². The van der Waals surface area contributed by atoms with Gasteiger partial charge in [-0.15, -0.1) is 11.3 Å². The van der Waals surface area contributed by atoms with Crippen LogP contribution in [0.2, 0.25) is 0 Å². The summed E-state index contributed by atoms with van der Waals surface area (Å²) in [6, 6.07) is 2.18. The maximum Gasteiger partial charge on any atom is 0.232 e. The van der Waals surface area contributed by atoms with Gasteiger partial charge in [-0.25, -0.2) is 9.97 Å². The van der Waals surface area contributed by atoms with Crippen LogP contribution in [0.3, 0.4) is 0 Å². The molecule has 2 aromatic heterocycles. The summed E-state index contributed by atoms with van der Waals surface area (Å²) in [7, 11) is 0. The van der Waals surface area contributed by atoms with Crippen molar-refractivity contribution in [2.75, 3.05) is 18.8 Å². The molecule has 3 heterocycles. The predicted octanol–water partition coefficient (Wildman–Crippen LogP) is 4.38. The fourth-order valence-corrected chi connectivity index (χ4v) is 6.10. The van der Waals surface area contributed by atoms with Gasteiger partial charge in [0, 0.05) is 23.4 Å². The van der Waals surface area contributed by atoms with Crippen LogP contribution in [0.25, 0.3) is 10.2 Å². The van der Waals surface area contributed by atoms with Crippen LogP contribution in [0.4, 0.5) is 0 Å². The van der Waals surface area contributed by atoms with Crippen LogP contribution in [-0.4, -0.2) is 39.6 Å². The SMILES string of the molecule is CCc1cc2c(SCC(=O)N3CC[C@H]4CCCC[C@@H]4C3)ncnc2s1. The molecule has 134 valence electrons. The van der Waals surface area contributed by atoms with Gasteiger partial charge >= 0.3 is 0 Å². The van der Waals surface area contributed by atoms with Gasteiger partial charge in [0.2, 0.25) is 5.91 Å². The Kier molecular flexibility index (Phi) is 5.27. The van der Waals surface area contributed by atoms with Crippen molar-refractivity contribution < 1.29 is 4.79 Å². The number of likely N-dealkylation sites (tertiary alicyclic amines) is 1. The molecule has 2 fully saturated rings. The van der Waals surface area contributed by atoms with Crippen molar-refractivity contribution in [3.05, 3.63) is 17.3 Å². The van der Waals surface area contributed by atoms with Gasteiger partial charge < -0.3 is 4.90 Å². The summed E-state index contributed by atoms with van der Waals surface area (Å²) < 4.78 is 0. The Morgan fingerprint density at radius 2 is 2.12 bits per heavy atom. The van der Waals surface area contributed by atoms with E-state index in [1.807, 2.05) is 0 Å². The average molecular weight is 376 g/mol. The van der Waals surface area contributed by atoms with Crippen molar-refractivity contribution in [3.8, 4) is 0 Å². The first-order valence-electron chi connectivity index (χ1n) is 9.38. The molecule has 4 rings (SSSR count). The van der Waals surface area contributed by atoms with Gasteiger partial charge in [-0.2, -0.15) is 0 Å². The van der Waals surface area contributed by atoms with Crippen molar-refractivity contribution in [2.45, 2.75) is 50.5 Å². The Balaban J connectivity index is 1.39. The maximum atomic E-state index is 12.7. The van der Waals surface area contributed by atoms with Gasteiger partial charge in [-0.3, -0.25) is 4.79 Å². The lowest BCUT2D eigenvalue weighted by atomic mass is 9.75. The predicted molar refractivity (Wildman–Crippen MR) is 104 cm³/mol. The second-order valence-electron chi connectivity index (χ2n) is 7.19. The number of nitrogens with zero attached hydrogens (tertiary/aromatic N) is 3. The van der Waals surface area contributed by atoms with Crippen LogP contribution in [0.1, 0.15) is 43.9 Å². The monoisotopic (exact) mass is 375 g/mol. The van der Waals surface area contributed by atoms with Crippen LogP contribution in [-0.2, 0) is 11.2 Å². The number of hydrogen-bond acceptors (Lipinski definition) is 5. The summed E-state index contributed by atoms with van der Waals surface area (Å²) in [5.41, 5.74) is 0. The lowest BCUT2D eigenvalue weighted by molar-refractivity contribution is -0.131. The fourth-order valence-electron chi connectivity index (χ4n) is 4.22. The second kappa shape index (κ2) is 7.62. The first-order chi connectivity index (χ1) is 12.2. The van der Waals surface area contributed by atoms with Gasteiger partial charge in [0.25, 0.3) is 0 Å². The molecule has 4 nitrogen and oxygen atoms in total. The summed E-state index contributed by atoms with van der Waals surface area (Å²) in [5, 5.41) is 2.05. The van der Waals surface area contributed by atoms with Gasteiger partial charge in [-0.05, 0) is 37.2 Å². The van der Waals surface area contributed by atoms with Gasteiger partial charge in [-0.1, -0.05) is 37.9 Å². The van der Waals surface area contributed by atoms with Crippen LogP contribution in [0, 0.1) is 11.8 Å². The van der Waals surface area contributed by atoms with Crippen molar-refractivity contribution in [2.24, 2.45) is 11.8 Å². The molecule has 0 spiro atoms. The lowest BCUT2D eigenvalue weighted by Crippen LogP contribution is -2.45. The molecule has 1 aliphatic heterocycles. The molecule has 25 heavy (non-hydrogen) atoms. The largest absolute Gasteiger partial charge is 0.342 e. The molecule has 1 aliphatic carbocycles. The minimum atomic E-state index is 0.270. The van der Waals surface area contributed by atoms with E-state index in [0.29, 0.717) is 5.75 Å². The Morgan fingerprint density at radius 1 is 1.28 bits per heavy atom. The highest BCUT2D eigenvalue weighted by molar-refractivity contribution is 8.00. The molecule has 6 heteroatoms. The molecular weight excluding hydrogens is 350 g/mol. The number of thiophene rings is 1. The van der Waals surface area contributed by atoms with E-state index >= 15 is 0 Å². The number of hydrogen-bond donors (Lipinski definition) is 0. The molecule has 2 atom stereocenters. The van der Waals surface area contributed by atoms with E-state index in [9.17, 15) is 4.79 Å². The van der Waals surface area contributed by atoms with Crippen LogP contribution < -0.4 is 0 Å². The number of fused-ring (bicyclic) bond motifs is 2. The Morgan fingerprint density at radius 3 is 2.96 bits per heavy atom. The standard InChI is InChI=1S/C19H25N3OS2/c1-2-15-9-16-18(20-12-21-19(16)25-15)24-11-17(23)22-8-7-13-5-3-4-6-14(13)10-22/h9,12-14H,2-8,10-11H2,1H3/t13-,14-/m1/s1. The third-order valence-corrected chi connectivity index (χ3v) is 7.85. The van der Waals surface area contributed by atoms with Crippen molar-refractivity contribution in [3.63, 3.8) is 0 Å². The molecule has 1 saturated heterocycles. The Bertz CT molecular complexity index is 760. The minimum Gasteiger partial charge on any atom is -0.342 e. The summed E-state index contributed by atoms with van der Waals surface area (Å²) in [6.45, 7) is 4.07. The maximum absolute atomic E-state index is 12.7. The van der Waals surface area contributed by atoms with E-state index in [4.69, 9.17) is 0 Å². The van der Waals surface area contributed by atoms with Crippen molar-refractivity contribution in [1.82, 2.24) is 14.9 Å². The third-order valence-electron chi connectivity index (χ3n) is 5.67. The van der Waals surface area contributed by atoms with Gasteiger partial charge in [0.1, 0.15) is 16.2 Å². The molecule has 0 aromatic carbocycles. The number of aromatic nitrogens is 2. The van der Waals surface area contributed by atoms with E-state index in [-0.39, 0.29) is 5.91 Å². The summed E-state index contributed by atoms with van der Waals surface area (Å²) >= 11 is 3.30. The van der Waals surface area contributed by atoms with Gasteiger partial charge in [0.15, 0.2) is 0 Å². The highest BCUT2D eigenvalue weighted by atomic mass is 32.2. The number of piperidine rings is 1. The minimum absolute atomic E-state index is 0.270. The van der Waals surface area contributed by atoms with E-state index in [2.05, 4.69) is 27.9 Å². The number of aryl methyl sites for hydroxylation is 1. The van der Waals surface area contributed by atoms with E-state index in [1.165, 1.54) is 37.0 Å². The molecule has 0 bridgehead atoms. The van der Waals surface area contributed by atoms with E-state index in [0.717, 1.165) is 46.6 Å². The van der Waals surface area contributed by atoms with Crippen LogP contribution in [0.5, 0.6) is 0 Å². The fraction of sp³-hybridized carbons (Fsp3) is 0.632. The average Bonchev–Trinajstić information content (AvgIpc) is 3.09. The molecule has 0 unspecified atom stereocenters. The molecular formula is C19H25N3OS2.